The molecule has 1 heterocycles. The van der Waals surface area contributed by atoms with E-state index in [1.807, 2.05) is 24.3 Å². The lowest BCUT2D eigenvalue weighted by Crippen LogP contribution is -2.55. The zero-order valence-corrected chi connectivity index (χ0v) is 14.6. The molecule has 0 amide bonds. The fraction of sp³-hybridized carbons (Fsp3) is 0.556. The third kappa shape index (κ3) is 2.32. The van der Waals surface area contributed by atoms with E-state index in [-0.39, 0.29) is 5.78 Å². The van der Waals surface area contributed by atoms with E-state index in [1.54, 1.807) is 13.8 Å². The normalized spacial score (nSPS) is 26.8. The summed E-state index contributed by atoms with van der Waals surface area (Å²) in [6.45, 7) is 3.40. The van der Waals surface area contributed by atoms with E-state index >= 15 is 0 Å². The lowest BCUT2D eigenvalue weighted by atomic mass is 9.59. The van der Waals surface area contributed by atoms with Crippen molar-refractivity contribution >= 4 is 27.7 Å². The molecule has 0 unspecified atom stereocenters. The van der Waals surface area contributed by atoms with E-state index in [9.17, 15) is 9.59 Å². The predicted molar refractivity (Wildman–Crippen MR) is 87.3 cm³/mol. The van der Waals surface area contributed by atoms with Gasteiger partial charge in [0, 0.05) is 4.47 Å². The highest BCUT2D eigenvalue weighted by molar-refractivity contribution is 9.10. The Morgan fingerprint density at radius 2 is 1.64 bits per heavy atom. The number of cyclic esters (lactones) is 1. The lowest BCUT2D eigenvalue weighted by Gasteiger charge is -2.49. The standard InChI is InChI=1S/C18H21BrO3/c1-17(2)15(20)18(10-4-3-5-11-18)14(22-16(17)21)12-6-8-13(19)9-7-12/h6-9,14H,3-5,10-11H2,1-2H3/t14-/m1/s1. The highest BCUT2D eigenvalue weighted by atomic mass is 79.9. The first-order valence-corrected chi connectivity index (χ1v) is 8.69. The Morgan fingerprint density at radius 1 is 1.05 bits per heavy atom. The van der Waals surface area contributed by atoms with E-state index < -0.39 is 22.9 Å². The average molecular weight is 365 g/mol. The maximum atomic E-state index is 13.2. The number of ketones is 1. The van der Waals surface area contributed by atoms with E-state index in [4.69, 9.17) is 4.74 Å². The van der Waals surface area contributed by atoms with Crippen molar-refractivity contribution < 1.29 is 14.3 Å². The van der Waals surface area contributed by atoms with Gasteiger partial charge in [-0.25, -0.2) is 0 Å². The minimum atomic E-state index is -1.04. The molecule has 0 bridgehead atoms. The molecule has 1 spiro atoms. The Balaban J connectivity index is 2.08. The van der Waals surface area contributed by atoms with Crippen LogP contribution in [0.5, 0.6) is 0 Å². The molecule has 1 aromatic carbocycles. The fourth-order valence-corrected chi connectivity index (χ4v) is 4.16. The Labute approximate surface area is 139 Å². The first-order chi connectivity index (χ1) is 10.4. The summed E-state index contributed by atoms with van der Waals surface area (Å²) in [6.07, 6.45) is 4.36. The zero-order chi connectivity index (χ0) is 16.0. The molecule has 1 aromatic rings. The number of Topliss-reactive ketones (excluding diaryl/α,β-unsaturated/α-hetero) is 1. The number of hydrogen-bond donors (Lipinski definition) is 0. The molecule has 1 aliphatic carbocycles. The molecule has 1 saturated carbocycles. The van der Waals surface area contributed by atoms with E-state index in [0.29, 0.717) is 0 Å². The van der Waals surface area contributed by atoms with Crippen molar-refractivity contribution in [3.8, 4) is 0 Å². The summed E-state index contributed by atoms with van der Waals surface area (Å²) in [6, 6.07) is 7.77. The van der Waals surface area contributed by atoms with Gasteiger partial charge < -0.3 is 4.74 Å². The molecule has 0 radical (unpaired) electrons. The van der Waals surface area contributed by atoms with Crippen molar-refractivity contribution in [3.05, 3.63) is 34.3 Å². The van der Waals surface area contributed by atoms with Crippen LogP contribution < -0.4 is 0 Å². The topological polar surface area (TPSA) is 43.4 Å². The molecule has 4 heteroatoms. The number of esters is 1. The molecule has 1 saturated heterocycles. The van der Waals surface area contributed by atoms with Crippen LogP contribution in [-0.2, 0) is 14.3 Å². The molecular weight excluding hydrogens is 344 g/mol. The van der Waals surface area contributed by atoms with Gasteiger partial charge >= 0.3 is 5.97 Å². The van der Waals surface area contributed by atoms with Crippen LogP contribution in [0.3, 0.4) is 0 Å². The molecule has 1 atom stereocenters. The maximum absolute atomic E-state index is 13.2. The van der Waals surface area contributed by atoms with Gasteiger partial charge in [0.15, 0.2) is 5.78 Å². The highest BCUT2D eigenvalue weighted by Crippen LogP contribution is 2.55. The van der Waals surface area contributed by atoms with Crippen molar-refractivity contribution in [2.45, 2.75) is 52.1 Å². The van der Waals surface area contributed by atoms with Crippen LogP contribution in [0.2, 0.25) is 0 Å². The van der Waals surface area contributed by atoms with Crippen LogP contribution in [0.15, 0.2) is 28.7 Å². The van der Waals surface area contributed by atoms with Gasteiger partial charge in [0.05, 0.1) is 5.41 Å². The quantitative estimate of drug-likeness (QED) is 0.540. The highest BCUT2D eigenvalue weighted by Gasteiger charge is 2.60. The van der Waals surface area contributed by atoms with E-state index in [2.05, 4.69) is 15.9 Å². The second-order valence-corrected chi connectivity index (χ2v) is 7.92. The average Bonchev–Trinajstić information content (AvgIpc) is 2.52. The lowest BCUT2D eigenvalue weighted by molar-refractivity contribution is -0.192. The summed E-state index contributed by atoms with van der Waals surface area (Å²) in [5.41, 5.74) is -0.672. The van der Waals surface area contributed by atoms with Crippen LogP contribution in [0.4, 0.5) is 0 Å². The molecule has 3 rings (SSSR count). The molecule has 0 N–H and O–H groups in total. The van der Waals surface area contributed by atoms with Gasteiger partial charge in [0.25, 0.3) is 0 Å². The number of benzene rings is 1. The summed E-state index contributed by atoms with van der Waals surface area (Å²) in [5.74, 6) is -0.342. The van der Waals surface area contributed by atoms with Gasteiger partial charge in [-0.15, -0.1) is 0 Å². The number of carbonyl (C=O) groups excluding carboxylic acids is 2. The predicted octanol–water partition coefficient (Wildman–Crippen LogP) is 4.59. The Bertz CT molecular complexity index is 597. The van der Waals surface area contributed by atoms with Crippen LogP contribution in [0.25, 0.3) is 0 Å². The van der Waals surface area contributed by atoms with Gasteiger partial charge in [-0.1, -0.05) is 47.3 Å². The van der Waals surface area contributed by atoms with Crippen molar-refractivity contribution in [2.24, 2.45) is 10.8 Å². The fourth-order valence-electron chi connectivity index (χ4n) is 3.90. The van der Waals surface area contributed by atoms with Gasteiger partial charge in [0.2, 0.25) is 0 Å². The smallest absolute Gasteiger partial charge is 0.319 e. The Kier molecular flexibility index (Phi) is 3.92. The van der Waals surface area contributed by atoms with Crippen LogP contribution in [-0.4, -0.2) is 11.8 Å². The number of ether oxygens (including phenoxy) is 1. The van der Waals surface area contributed by atoms with Gasteiger partial charge in [-0.05, 0) is 44.4 Å². The number of halogens is 1. The maximum Gasteiger partial charge on any atom is 0.319 e. The van der Waals surface area contributed by atoms with Crippen LogP contribution >= 0.6 is 15.9 Å². The van der Waals surface area contributed by atoms with Crippen LogP contribution in [0, 0.1) is 10.8 Å². The summed E-state index contributed by atoms with van der Waals surface area (Å²) in [7, 11) is 0. The minimum absolute atomic E-state index is 0.0591. The molecule has 118 valence electrons. The molecule has 1 aliphatic heterocycles. The third-order valence-corrected chi connectivity index (χ3v) is 5.70. The Hall–Kier alpha value is -1.16. The van der Waals surface area contributed by atoms with Gasteiger partial charge in [0.1, 0.15) is 11.5 Å². The number of carbonyl (C=O) groups is 2. The first-order valence-electron chi connectivity index (χ1n) is 7.89. The van der Waals surface area contributed by atoms with Gasteiger partial charge in [-0.2, -0.15) is 0 Å². The minimum Gasteiger partial charge on any atom is -0.456 e. The summed E-state index contributed by atoms with van der Waals surface area (Å²) >= 11 is 3.42. The third-order valence-electron chi connectivity index (χ3n) is 5.18. The Morgan fingerprint density at radius 3 is 2.23 bits per heavy atom. The van der Waals surface area contributed by atoms with Crippen molar-refractivity contribution in [2.75, 3.05) is 0 Å². The number of hydrogen-bond acceptors (Lipinski definition) is 3. The van der Waals surface area contributed by atoms with Crippen molar-refractivity contribution in [3.63, 3.8) is 0 Å². The molecule has 22 heavy (non-hydrogen) atoms. The SMILES string of the molecule is CC1(C)C(=O)O[C@H](c2ccc(Br)cc2)C2(CCCCC2)C1=O. The van der Waals surface area contributed by atoms with Crippen molar-refractivity contribution in [1.82, 2.24) is 0 Å². The second kappa shape index (κ2) is 5.48. The summed E-state index contributed by atoms with van der Waals surface area (Å²) in [4.78, 5) is 25.5. The van der Waals surface area contributed by atoms with Crippen molar-refractivity contribution in [1.29, 1.82) is 0 Å². The summed E-state index contributed by atoms with van der Waals surface area (Å²) in [5, 5.41) is 0. The molecule has 2 aliphatic rings. The van der Waals surface area contributed by atoms with Gasteiger partial charge in [-0.3, -0.25) is 9.59 Å². The molecule has 2 fully saturated rings. The first kappa shape index (κ1) is 15.7. The van der Waals surface area contributed by atoms with E-state index in [1.165, 1.54) is 0 Å². The van der Waals surface area contributed by atoms with Crippen LogP contribution in [0.1, 0.15) is 57.6 Å². The molecular formula is C18H21BrO3. The summed E-state index contributed by atoms with van der Waals surface area (Å²) < 4.78 is 6.79. The number of rotatable bonds is 1. The largest absolute Gasteiger partial charge is 0.456 e. The second-order valence-electron chi connectivity index (χ2n) is 7.01. The monoisotopic (exact) mass is 364 g/mol. The molecule has 3 nitrogen and oxygen atoms in total. The van der Waals surface area contributed by atoms with E-state index in [0.717, 1.165) is 42.1 Å². The molecule has 0 aromatic heterocycles. The zero-order valence-electron chi connectivity index (χ0n) is 13.0.